The van der Waals surface area contributed by atoms with Crippen LogP contribution >= 0.6 is 0 Å². The molecule has 0 saturated heterocycles. The summed E-state index contributed by atoms with van der Waals surface area (Å²) in [5.41, 5.74) is 4.04. The monoisotopic (exact) mass is 200 g/mol. The summed E-state index contributed by atoms with van der Waals surface area (Å²) in [6, 6.07) is 6.09. The van der Waals surface area contributed by atoms with Gasteiger partial charge in [0.25, 0.3) is 0 Å². The highest BCUT2D eigenvalue weighted by atomic mass is 16.1. The third-order valence-electron chi connectivity index (χ3n) is 2.49. The van der Waals surface area contributed by atoms with Gasteiger partial charge in [0.1, 0.15) is 0 Å². The second kappa shape index (κ2) is 3.69. The number of aromatic nitrogens is 2. The summed E-state index contributed by atoms with van der Waals surface area (Å²) in [6.07, 6.45) is 4.07. The maximum Gasteiger partial charge on any atom is 0.153 e. The number of rotatable bonds is 2. The van der Waals surface area contributed by atoms with Crippen molar-refractivity contribution in [3.05, 3.63) is 47.3 Å². The third-order valence-corrected chi connectivity index (χ3v) is 2.49. The van der Waals surface area contributed by atoms with E-state index in [0.717, 1.165) is 12.0 Å². The molecule has 0 bridgehead atoms. The highest BCUT2D eigenvalue weighted by molar-refractivity contribution is 5.73. The average Bonchev–Trinajstić information content (AvgIpc) is 2.70. The first kappa shape index (κ1) is 9.65. The van der Waals surface area contributed by atoms with Gasteiger partial charge in [-0.15, -0.1) is 0 Å². The van der Waals surface area contributed by atoms with Crippen LogP contribution in [0.1, 0.15) is 21.5 Å². The van der Waals surface area contributed by atoms with Gasteiger partial charge in [-0.25, -0.2) is 4.68 Å². The van der Waals surface area contributed by atoms with E-state index in [1.54, 1.807) is 17.1 Å². The van der Waals surface area contributed by atoms with Gasteiger partial charge in [-0.1, -0.05) is 6.07 Å². The Kier molecular flexibility index (Phi) is 2.37. The Balaban J connectivity index is 2.44. The molecule has 76 valence electrons. The number of carbonyl (C=O) groups excluding carboxylic acids is 1. The van der Waals surface area contributed by atoms with E-state index in [0.29, 0.717) is 5.56 Å². The molecule has 0 spiro atoms. The maximum absolute atomic E-state index is 10.5. The SMILES string of the molecule is Cc1ccc(-n2cc(C=O)cn2)cc1C. The number of aldehydes is 1. The van der Waals surface area contributed by atoms with Gasteiger partial charge < -0.3 is 0 Å². The van der Waals surface area contributed by atoms with Gasteiger partial charge in [0.2, 0.25) is 0 Å². The smallest absolute Gasteiger partial charge is 0.153 e. The van der Waals surface area contributed by atoms with E-state index in [-0.39, 0.29) is 0 Å². The fourth-order valence-electron chi connectivity index (χ4n) is 1.41. The molecule has 0 amide bonds. The summed E-state index contributed by atoms with van der Waals surface area (Å²) in [5.74, 6) is 0. The highest BCUT2D eigenvalue weighted by Gasteiger charge is 2.01. The molecule has 0 aliphatic carbocycles. The molecule has 15 heavy (non-hydrogen) atoms. The van der Waals surface area contributed by atoms with Crippen molar-refractivity contribution in [1.82, 2.24) is 9.78 Å². The molecule has 0 radical (unpaired) electrons. The summed E-state index contributed by atoms with van der Waals surface area (Å²) in [5, 5.41) is 4.11. The van der Waals surface area contributed by atoms with E-state index in [4.69, 9.17) is 0 Å². The zero-order valence-corrected chi connectivity index (χ0v) is 8.77. The molecule has 1 heterocycles. The average molecular weight is 200 g/mol. The lowest BCUT2D eigenvalue weighted by Crippen LogP contribution is -1.95. The molecule has 3 heteroatoms. The molecular formula is C12H12N2O. The largest absolute Gasteiger partial charge is 0.298 e. The fourth-order valence-corrected chi connectivity index (χ4v) is 1.41. The van der Waals surface area contributed by atoms with Gasteiger partial charge in [-0.3, -0.25) is 4.79 Å². The van der Waals surface area contributed by atoms with Crippen molar-refractivity contribution in [2.45, 2.75) is 13.8 Å². The molecule has 0 aliphatic heterocycles. The number of hydrogen-bond donors (Lipinski definition) is 0. The van der Waals surface area contributed by atoms with E-state index < -0.39 is 0 Å². The Bertz CT molecular complexity index is 500. The van der Waals surface area contributed by atoms with Crippen molar-refractivity contribution in [1.29, 1.82) is 0 Å². The summed E-state index contributed by atoms with van der Waals surface area (Å²) in [6.45, 7) is 4.13. The van der Waals surface area contributed by atoms with Crippen molar-refractivity contribution in [2.75, 3.05) is 0 Å². The van der Waals surface area contributed by atoms with Crippen LogP contribution in [0.25, 0.3) is 5.69 Å². The zero-order valence-electron chi connectivity index (χ0n) is 8.77. The van der Waals surface area contributed by atoms with Crippen molar-refractivity contribution >= 4 is 6.29 Å². The molecule has 1 aromatic carbocycles. The van der Waals surface area contributed by atoms with Crippen LogP contribution in [0, 0.1) is 13.8 Å². The number of benzene rings is 1. The highest BCUT2D eigenvalue weighted by Crippen LogP contribution is 2.13. The first-order valence-electron chi connectivity index (χ1n) is 4.78. The quantitative estimate of drug-likeness (QED) is 0.697. The Morgan fingerprint density at radius 3 is 2.67 bits per heavy atom. The normalized spacial score (nSPS) is 10.3. The van der Waals surface area contributed by atoms with Gasteiger partial charge in [0.05, 0.1) is 17.4 Å². The maximum atomic E-state index is 10.5. The second-order valence-corrected chi connectivity index (χ2v) is 3.60. The van der Waals surface area contributed by atoms with Crippen molar-refractivity contribution in [3.8, 4) is 5.69 Å². The van der Waals surface area contributed by atoms with E-state index in [1.165, 1.54) is 11.1 Å². The van der Waals surface area contributed by atoms with Crippen LogP contribution in [0.2, 0.25) is 0 Å². The molecule has 0 saturated carbocycles. The summed E-state index contributed by atoms with van der Waals surface area (Å²) in [4.78, 5) is 10.5. The van der Waals surface area contributed by atoms with Gasteiger partial charge in [0, 0.05) is 6.20 Å². The molecule has 2 aromatic rings. The molecule has 0 aliphatic rings. The van der Waals surface area contributed by atoms with Gasteiger partial charge in [-0.2, -0.15) is 5.10 Å². The number of hydrogen-bond acceptors (Lipinski definition) is 2. The molecular weight excluding hydrogens is 188 g/mol. The van der Waals surface area contributed by atoms with Crippen LogP contribution in [0.5, 0.6) is 0 Å². The van der Waals surface area contributed by atoms with Crippen LogP contribution in [0.3, 0.4) is 0 Å². The fraction of sp³-hybridized carbons (Fsp3) is 0.167. The van der Waals surface area contributed by atoms with Crippen LogP contribution in [-0.4, -0.2) is 16.1 Å². The van der Waals surface area contributed by atoms with E-state index >= 15 is 0 Å². The molecule has 2 rings (SSSR count). The Hall–Kier alpha value is -1.90. The van der Waals surface area contributed by atoms with Crippen molar-refractivity contribution in [2.24, 2.45) is 0 Å². The predicted molar refractivity (Wildman–Crippen MR) is 58.4 cm³/mol. The minimum atomic E-state index is 0.591. The van der Waals surface area contributed by atoms with Crippen molar-refractivity contribution < 1.29 is 4.79 Å². The molecule has 0 fully saturated rings. The number of nitrogens with zero attached hydrogens (tertiary/aromatic N) is 2. The Morgan fingerprint density at radius 2 is 2.07 bits per heavy atom. The van der Waals surface area contributed by atoms with E-state index in [1.807, 2.05) is 12.1 Å². The second-order valence-electron chi connectivity index (χ2n) is 3.60. The third kappa shape index (κ3) is 1.81. The molecule has 0 N–H and O–H groups in total. The van der Waals surface area contributed by atoms with Crippen LogP contribution < -0.4 is 0 Å². The summed E-state index contributed by atoms with van der Waals surface area (Å²) >= 11 is 0. The first-order chi connectivity index (χ1) is 7.20. The molecule has 0 atom stereocenters. The molecule has 3 nitrogen and oxygen atoms in total. The number of aryl methyl sites for hydroxylation is 2. The molecule has 1 aromatic heterocycles. The lowest BCUT2D eigenvalue weighted by molar-refractivity contribution is 0.112. The van der Waals surface area contributed by atoms with Crippen LogP contribution in [-0.2, 0) is 0 Å². The lowest BCUT2D eigenvalue weighted by Gasteiger charge is -2.04. The minimum absolute atomic E-state index is 0.591. The zero-order chi connectivity index (χ0) is 10.8. The Morgan fingerprint density at radius 1 is 1.27 bits per heavy atom. The van der Waals surface area contributed by atoms with Gasteiger partial charge in [0.15, 0.2) is 6.29 Å². The lowest BCUT2D eigenvalue weighted by atomic mass is 10.1. The van der Waals surface area contributed by atoms with Crippen LogP contribution in [0.15, 0.2) is 30.6 Å². The van der Waals surface area contributed by atoms with Crippen molar-refractivity contribution in [3.63, 3.8) is 0 Å². The van der Waals surface area contributed by atoms with E-state index in [9.17, 15) is 4.79 Å². The first-order valence-corrected chi connectivity index (χ1v) is 4.78. The minimum Gasteiger partial charge on any atom is -0.298 e. The standard InChI is InChI=1S/C12H12N2O/c1-9-3-4-12(5-10(9)2)14-7-11(8-15)6-13-14/h3-8H,1-2H3. The van der Waals surface area contributed by atoms with Gasteiger partial charge in [-0.05, 0) is 37.1 Å². The summed E-state index contributed by atoms with van der Waals surface area (Å²) in [7, 11) is 0. The topological polar surface area (TPSA) is 34.9 Å². The molecule has 0 unspecified atom stereocenters. The number of carbonyl (C=O) groups is 1. The Labute approximate surface area is 88.4 Å². The van der Waals surface area contributed by atoms with E-state index in [2.05, 4.69) is 25.0 Å². The summed E-state index contributed by atoms with van der Waals surface area (Å²) < 4.78 is 1.70. The van der Waals surface area contributed by atoms with Gasteiger partial charge >= 0.3 is 0 Å². The predicted octanol–water partition coefficient (Wildman–Crippen LogP) is 2.30. The van der Waals surface area contributed by atoms with Crippen LogP contribution in [0.4, 0.5) is 0 Å².